The SMILES string of the molecule is CCCNC1CCCc2c1ccc(=O)n2CCCC(C)C. The molecule has 118 valence electrons. The number of hydrogen-bond donors (Lipinski definition) is 1. The molecule has 0 fully saturated rings. The van der Waals surface area contributed by atoms with Crippen molar-refractivity contribution in [2.24, 2.45) is 5.92 Å². The zero-order chi connectivity index (χ0) is 15.2. The van der Waals surface area contributed by atoms with Gasteiger partial charge in [-0.15, -0.1) is 0 Å². The van der Waals surface area contributed by atoms with Crippen LogP contribution in [0.5, 0.6) is 0 Å². The zero-order valence-electron chi connectivity index (χ0n) is 13.8. The van der Waals surface area contributed by atoms with Gasteiger partial charge >= 0.3 is 0 Å². The molecule has 0 bridgehead atoms. The van der Waals surface area contributed by atoms with E-state index in [9.17, 15) is 4.79 Å². The predicted octanol–water partition coefficient (Wildman–Crippen LogP) is 3.66. The highest BCUT2D eigenvalue weighted by Crippen LogP contribution is 2.28. The lowest BCUT2D eigenvalue weighted by Crippen LogP contribution is -2.32. The molecule has 1 unspecified atom stereocenters. The Morgan fingerprint density at radius 2 is 2.19 bits per heavy atom. The fraction of sp³-hybridized carbons (Fsp3) is 0.722. The molecule has 0 aromatic carbocycles. The van der Waals surface area contributed by atoms with Crippen LogP contribution in [0.2, 0.25) is 0 Å². The van der Waals surface area contributed by atoms with Crippen molar-refractivity contribution >= 4 is 0 Å². The number of nitrogens with zero attached hydrogens (tertiary/aromatic N) is 1. The van der Waals surface area contributed by atoms with E-state index < -0.39 is 0 Å². The van der Waals surface area contributed by atoms with Crippen LogP contribution in [0, 0.1) is 5.92 Å². The molecular formula is C18H30N2O. The van der Waals surface area contributed by atoms with Crippen LogP contribution >= 0.6 is 0 Å². The van der Waals surface area contributed by atoms with Crippen molar-refractivity contribution in [2.75, 3.05) is 6.54 Å². The van der Waals surface area contributed by atoms with E-state index in [1.807, 2.05) is 4.57 Å². The molecule has 0 radical (unpaired) electrons. The van der Waals surface area contributed by atoms with Gasteiger partial charge in [-0.1, -0.05) is 26.8 Å². The lowest BCUT2D eigenvalue weighted by molar-refractivity contribution is 0.431. The largest absolute Gasteiger partial charge is 0.312 e. The van der Waals surface area contributed by atoms with Gasteiger partial charge in [-0.05, 0) is 56.6 Å². The van der Waals surface area contributed by atoms with Crippen molar-refractivity contribution in [1.82, 2.24) is 9.88 Å². The van der Waals surface area contributed by atoms with Crippen molar-refractivity contribution in [3.8, 4) is 0 Å². The van der Waals surface area contributed by atoms with Crippen molar-refractivity contribution < 1.29 is 0 Å². The average Bonchev–Trinajstić information content (AvgIpc) is 2.46. The van der Waals surface area contributed by atoms with Crippen molar-refractivity contribution in [3.05, 3.63) is 33.7 Å². The highest BCUT2D eigenvalue weighted by Gasteiger charge is 2.22. The molecule has 1 aromatic heterocycles. The van der Waals surface area contributed by atoms with Gasteiger partial charge in [0.15, 0.2) is 0 Å². The third-order valence-electron chi connectivity index (χ3n) is 4.42. The van der Waals surface area contributed by atoms with Gasteiger partial charge in [0.1, 0.15) is 0 Å². The maximum absolute atomic E-state index is 12.2. The summed E-state index contributed by atoms with van der Waals surface area (Å²) in [4.78, 5) is 12.2. The van der Waals surface area contributed by atoms with Gasteiger partial charge in [0.25, 0.3) is 5.56 Å². The van der Waals surface area contributed by atoms with Gasteiger partial charge in [-0.3, -0.25) is 4.79 Å². The summed E-state index contributed by atoms with van der Waals surface area (Å²) in [6.07, 6.45) is 6.87. The number of aromatic nitrogens is 1. The molecule has 1 atom stereocenters. The lowest BCUT2D eigenvalue weighted by Gasteiger charge is -2.28. The Labute approximate surface area is 128 Å². The predicted molar refractivity (Wildman–Crippen MR) is 88.7 cm³/mol. The van der Waals surface area contributed by atoms with Gasteiger partial charge in [0.2, 0.25) is 0 Å². The summed E-state index contributed by atoms with van der Waals surface area (Å²) >= 11 is 0. The van der Waals surface area contributed by atoms with Crippen LogP contribution in [-0.2, 0) is 13.0 Å². The minimum Gasteiger partial charge on any atom is -0.312 e. The second kappa shape index (κ2) is 7.79. The summed E-state index contributed by atoms with van der Waals surface area (Å²) < 4.78 is 2.04. The Kier molecular flexibility index (Phi) is 6.04. The number of rotatable bonds is 7. The number of fused-ring (bicyclic) bond motifs is 1. The van der Waals surface area contributed by atoms with Crippen LogP contribution in [0.15, 0.2) is 16.9 Å². The minimum atomic E-state index is 0.175. The maximum Gasteiger partial charge on any atom is 0.250 e. The summed E-state index contributed by atoms with van der Waals surface area (Å²) in [6, 6.07) is 4.26. The molecule has 2 rings (SSSR count). The van der Waals surface area contributed by atoms with E-state index >= 15 is 0 Å². The van der Waals surface area contributed by atoms with Crippen LogP contribution in [0.25, 0.3) is 0 Å². The maximum atomic E-state index is 12.2. The van der Waals surface area contributed by atoms with Crippen LogP contribution in [0.3, 0.4) is 0 Å². The standard InChI is InChI=1S/C18H30N2O/c1-4-12-19-16-8-5-9-17-15(16)10-11-18(21)20(17)13-6-7-14(2)3/h10-11,14,16,19H,4-9,12-13H2,1-3H3. The normalized spacial score (nSPS) is 18.0. The van der Waals surface area contributed by atoms with E-state index in [2.05, 4.69) is 32.2 Å². The lowest BCUT2D eigenvalue weighted by atomic mass is 9.90. The van der Waals surface area contributed by atoms with E-state index in [1.54, 1.807) is 6.07 Å². The molecule has 1 N–H and O–H groups in total. The quantitative estimate of drug-likeness (QED) is 0.831. The molecule has 21 heavy (non-hydrogen) atoms. The molecule has 0 aliphatic heterocycles. The minimum absolute atomic E-state index is 0.175. The Hall–Kier alpha value is -1.09. The highest BCUT2D eigenvalue weighted by molar-refractivity contribution is 5.27. The van der Waals surface area contributed by atoms with Gasteiger partial charge in [0.05, 0.1) is 0 Å². The van der Waals surface area contributed by atoms with Crippen LogP contribution in [-0.4, -0.2) is 11.1 Å². The Morgan fingerprint density at radius 3 is 2.90 bits per heavy atom. The van der Waals surface area contributed by atoms with E-state index in [0.717, 1.165) is 32.4 Å². The van der Waals surface area contributed by atoms with Crippen molar-refractivity contribution in [3.63, 3.8) is 0 Å². The van der Waals surface area contributed by atoms with E-state index in [4.69, 9.17) is 0 Å². The molecule has 0 saturated carbocycles. The van der Waals surface area contributed by atoms with Crippen LogP contribution in [0.4, 0.5) is 0 Å². The summed E-state index contributed by atoms with van der Waals surface area (Å²) in [6.45, 7) is 8.61. The van der Waals surface area contributed by atoms with Crippen LogP contribution < -0.4 is 10.9 Å². The van der Waals surface area contributed by atoms with Gasteiger partial charge < -0.3 is 9.88 Å². The first-order chi connectivity index (χ1) is 10.1. The summed E-state index contributed by atoms with van der Waals surface area (Å²) in [5.74, 6) is 0.708. The Bertz CT molecular complexity index is 504. The monoisotopic (exact) mass is 290 g/mol. The molecule has 1 aliphatic rings. The topological polar surface area (TPSA) is 34.0 Å². The number of nitrogens with one attached hydrogen (secondary N) is 1. The molecule has 1 aliphatic carbocycles. The molecule has 0 saturated heterocycles. The average molecular weight is 290 g/mol. The smallest absolute Gasteiger partial charge is 0.250 e. The third kappa shape index (κ3) is 4.19. The molecule has 1 heterocycles. The van der Waals surface area contributed by atoms with Crippen molar-refractivity contribution in [1.29, 1.82) is 0 Å². The fourth-order valence-electron chi connectivity index (χ4n) is 3.30. The van der Waals surface area contributed by atoms with Gasteiger partial charge in [0, 0.05) is 24.3 Å². The molecule has 0 spiro atoms. The molecule has 3 heteroatoms. The first-order valence-corrected chi connectivity index (χ1v) is 8.59. The molecular weight excluding hydrogens is 260 g/mol. The first kappa shape index (κ1) is 16.3. The van der Waals surface area contributed by atoms with E-state index in [1.165, 1.54) is 30.5 Å². The zero-order valence-corrected chi connectivity index (χ0v) is 13.8. The number of pyridine rings is 1. The second-order valence-electron chi connectivity index (χ2n) is 6.66. The van der Waals surface area contributed by atoms with Crippen molar-refractivity contribution in [2.45, 2.75) is 71.9 Å². The van der Waals surface area contributed by atoms with Gasteiger partial charge in [-0.2, -0.15) is 0 Å². The fourth-order valence-corrected chi connectivity index (χ4v) is 3.30. The Balaban J connectivity index is 2.19. The van der Waals surface area contributed by atoms with Crippen LogP contribution in [0.1, 0.15) is 70.2 Å². The highest BCUT2D eigenvalue weighted by atomic mass is 16.1. The Morgan fingerprint density at radius 1 is 1.38 bits per heavy atom. The van der Waals surface area contributed by atoms with E-state index in [-0.39, 0.29) is 5.56 Å². The van der Waals surface area contributed by atoms with Gasteiger partial charge in [-0.25, -0.2) is 0 Å². The van der Waals surface area contributed by atoms with E-state index in [0.29, 0.717) is 12.0 Å². The molecule has 1 aromatic rings. The number of hydrogen-bond acceptors (Lipinski definition) is 2. The summed E-state index contributed by atoms with van der Waals surface area (Å²) in [5, 5.41) is 3.63. The summed E-state index contributed by atoms with van der Waals surface area (Å²) in [7, 11) is 0. The molecule has 0 amide bonds. The third-order valence-corrected chi connectivity index (χ3v) is 4.42. The molecule has 3 nitrogen and oxygen atoms in total. The second-order valence-corrected chi connectivity index (χ2v) is 6.66. The summed E-state index contributed by atoms with van der Waals surface area (Å²) in [5.41, 5.74) is 2.82. The first-order valence-electron chi connectivity index (χ1n) is 8.59.